The van der Waals surface area contributed by atoms with Gasteiger partial charge in [0.2, 0.25) is 0 Å². The Hall–Kier alpha value is -1.04. The largest absolute Gasteiger partial charge is 0.467 e. The fourth-order valence-electron chi connectivity index (χ4n) is 1.22. The molecule has 4 nitrogen and oxygen atoms in total. The summed E-state index contributed by atoms with van der Waals surface area (Å²) in [5.74, 6) is -1.50. The third-order valence-electron chi connectivity index (χ3n) is 2.25. The van der Waals surface area contributed by atoms with Crippen molar-refractivity contribution in [2.24, 2.45) is 0 Å². The SMILES string of the molecule is COC(=O)C(C)(O)CNc1cc(Cl)c(F)c(Cl)c1. The van der Waals surface area contributed by atoms with Crippen molar-refractivity contribution in [3.63, 3.8) is 0 Å². The molecule has 0 amide bonds. The van der Waals surface area contributed by atoms with Gasteiger partial charge in [-0.15, -0.1) is 0 Å². The van der Waals surface area contributed by atoms with Gasteiger partial charge in [-0.05, 0) is 19.1 Å². The van der Waals surface area contributed by atoms with Gasteiger partial charge in [0.1, 0.15) is 0 Å². The second-order valence-corrected chi connectivity index (χ2v) is 4.69. The smallest absolute Gasteiger partial charge is 0.339 e. The average molecular weight is 296 g/mol. The van der Waals surface area contributed by atoms with Gasteiger partial charge in [0.25, 0.3) is 0 Å². The lowest BCUT2D eigenvalue weighted by atomic mass is 10.1. The van der Waals surface area contributed by atoms with E-state index < -0.39 is 17.4 Å². The topological polar surface area (TPSA) is 58.6 Å². The van der Waals surface area contributed by atoms with Crippen LogP contribution in [0, 0.1) is 5.82 Å². The quantitative estimate of drug-likeness (QED) is 0.662. The van der Waals surface area contributed by atoms with Crippen molar-refractivity contribution in [2.45, 2.75) is 12.5 Å². The zero-order chi connectivity index (χ0) is 13.9. The Morgan fingerprint density at radius 2 is 2.00 bits per heavy atom. The Morgan fingerprint density at radius 1 is 1.50 bits per heavy atom. The van der Waals surface area contributed by atoms with Gasteiger partial charge < -0.3 is 15.2 Å². The van der Waals surface area contributed by atoms with Gasteiger partial charge in [0.15, 0.2) is 11.4 Å². The summed E-state index contributed by atoms with van der Waals surface area (Å²) in [6.07, 6.45) is 0. The Bertz CT molecular complexity index is 443. The van der Waals surface area contributed by atoms with Crippen molar-refractivity contribution in [2.75, 3.05) is 19.0 Å². The zero-order valence-corrected chi connectivity index (χ0v) is 11.3. The number of aliphatic hydroxyl groups is 1. The monoisotopic (exact) mass is 295 g/mol. The summed E-state index contributed by atoms with van der Waals surface area (Å²) in [6.45, 7) is 1.16. The molecule has 0 saturated carbocycles. The molecule has 0 bridgehead atoms. The Labute approximate surface area is 114 Å². The predicted molar refractivity (Wildman–Crippen MR) is 67.5 cm³/mol. The third-order valence-corrected chi connectivity index (χ3v) is 2.80. The van der Waals surface area contributed by atoms with E-state index in [0.717, 1.165) is 0 Å². The maximum absolute atomic E-state index is 13.2. The molecule has 18 heavy (non-hydrogen) atoms. The molecule has 0 aromatic heterocycles. The van der Waals surface area contributed by atoms with Crippen LogP contribution < -0.4 is 5.32 Å². The maximum Gasteiger partial charge on any atom is 0.339 e. The summed E-state index contributed by atoms with van der Waals surface area (Å²) in [7, 11) is 1.17. The third kappa shape index (κ3) is 3.48. The van der Waals surface area contributed by atoms with Gasteiger partial charge in [-0.1, -0.05) is 23.2 Å². The molecule has 1 atom stereocenters. The van der Waals surface area contributed by atoms with E-state index in [9.17, 15) is 14.3 Å². The molecule has 1 rings (SSSR count). The lowest BCUT2D eigenvalue weighted by Crippen LogP contribution is -2.42. The molecule has 0 heterocycles. The van der Waals surface area contributed by atoms with E-state index in [-0.39, 0.29) is 16.6 Å². The average Bonchev–Trinajstić information content (AvgIpc) is 2.32. The molecule has 0 spiro atoms. The van der Waals surface area contributed by atoms with Crippen molar-refractivity contribution in [1.82, 2.24) is 0 Å². The fourth-order valence-corrected chi connectivity index (χ4v) is 1.71. The van der Waals surface area contributed by atoms with Crippen LogP contribution in [0.15, 0.2) is 12.1 Å². The van der Waals surface area contributed by atoms with Gasteiger partial charge in [-0.3, -0.25) is 0 Å². The van der Waals surface area contributed by atoms with Crippen molar-refractivity contribution in [3.05, 3.63) is 28.0 Å². The lowest BCUT2D eigenvalue weighted by Gasteiger charge is -2.21. The number of carbonyl (C=O) groups excluding carboxylic acids is 1. The predicted octanol–water partition coefficient (Wildman–Crippen LogP) is 2.47. The second kappa shape index (κ2) is 5.73. The maximum atomic E-state index is 13.2. The highest BCUT2D eigenvalue weighted by Gasteiger charge is 2.31. The Balaban J connectivity index is 2.78. The number of nitrogens with one attached hydrogen (secondary N) is 1. The van der Waals surface area contributed by atoms with E-state index >= 15 is 0 Å². The van der Waals surface area contributed by atoms with Crippen LogP contribution in [-0.2, 0) is 9.53 Å². The number of rotatable bonds is 4. The second-order valence-electron chi connectivity index (χ2n) is 3.87. The van der Waals surface area contributed by atoms with E-state index in [0.29, 0.717) is 5.69 Å². The number of hydrogen-bond acceptors (Lipinski definition) is 4. The van der Waals surface area contributed by atoms with Crippen LogP contribution in [0.25, 0.3) is 0 Å². The molecular formula is C11H12Cl2FNO3. The van der Waals surface area contributed by atoms with E-state index in [1.807, 2.05) is 0 Å². The highest BCUT2D eigenvalue weighted by molar-refractivity contribution is 6.35. The number of hydrogen-bond donors (Lipinski definition) is 2. The van der Waals surface area contributed by atoms with Gasteiger partial charge in [0, 0.05) is 5.69 Å². The highest BCUT2D eigenvalue weighted by atomic mass is 35.5. The zero-order valence-electron chi connectivity index (χ0n) is 9.76. The minimum Gasteiger partial charge on any atom is -0.467 e. The normalized spacial score (nSPS) is 13.9. The first-order valence-corrected chi connectivity index (χ1v) is 5.72. The summed E-state index contributed by atoms with van der Waals surface area (Å²) in [5, 5.41) is 12.2. The van der Waals surface area contributed by atoms with Gasteiger partial charge >= 0.3 is 5.97 Å². The van der Waals surface area contributed by atoms with Gasteiger partial charge in [-0.2, -0.15) is 0 Å². The lowest BCUT2D eigenvalue weighted by molar-refractivity contribution is -0.158. The molecule has 0 aliphatic carbocycles. The molecule has 0 saturated heterocycles. The number of benzene rings is 1. The highest BCUT2D eigenvalue weighted by Crippen LogP contribution is 2.27. The summed E-state index contributed by atoms with van der Waals surface area (Å²) in [4.78, 5) is 11.2. The van der Waals surface area contributed by atoms with Crippen LogP contribution in [0.4, 0.5) is 10.1 Å². The van der Waals surface area contributed by atoms with E-state index in [1.54, 1.807) is 0 Å². The first kappa shape index (κ1) is 15.0. The number of ether oxygens (including phenoxy) is 1. The Kier molecular flexibility index (Phi) is 4.78. The van der Waals surface area contributed by atoms with Crippen molar-refractivity contribution >= 4 is 34.9 Å². The van der Waals surface area contributed by atoms with Gasteiger partial charge in [0.05, 0.1) is 23.7 Å². The molecule has 1 aromatic carbocycles. The molecule has 7 heteroatoms. The minimum absolute atomic E-state index is 0.127. The number of esters is 1. The number of anilines is 1. The van der Waals surface area contributed by atoms with E-state index in [4.69, 9.17) is 23.2 Å². The minimum atomic E-state index is -1.71. The first-order chi connectivity index (χ1) is 8.27. The number of carbonyl (C=O) groups is 1. The molecular weight excluding hydrogens is 284 g/mol. The molecule has 0 aliphatic heterocycles. The van der Waals surface area contributed by atoms with E-state index in [2.05, 4.69) is 10.1 Å². The molecule has 0 fully saturated rings. The molecule has 1 aromatic rings. The van der Waals surface area contributed by atoms with Crippen molar-refractivity contribution in [1.29, 1.82) is 0 Å². The Morgan fingerprint density at radius 3 is 2.44 bits per heavy atom. The first-order valence-electron chi connectivity index (χ1n) is 4.97. The van der Waals surface area contributed by atoms with Crippen molar-refractivity contribution in [3.8, 4) is 0 Å². The number of halogens is 3. The van der Waals surface area contributed by atoms with Crippen LogP contribution in [0.5, 0.6) is 0 Å². The van der Waals surface area contributed by atoms with Crippen LogP contribution in [0.2, 0.25) is 10.0 Å². The summed E-state index contributed by atoms with van der Waals surface area (Å²) < 4.78 is 17.6. The summed E-state index contributed by atoms with van der Waals surface area (Å²) >= 11 is 11.2. The van der Waals surface area contributed by atoms with Crippen LogP contribution in [-0.4, -0.2) is 30.3 Å². The molecule has 2 N–H and O–H groups in total. The molecule has 100 valence electrons. The van der Waals surface area contributed by atoms with Crippen LogP contribution in [0.1, 0.15) is 6.92 Å². The van der Waals surface area contributed by atoms with E-state index in [1.165, 1.54) is 26.2 Å². The standard InChI is InChI=1S/C11H12Cl2FNO3/c1-11(17,10(16)18-2)5-15-6-3-7(12)9(14)8(13)4-6/h3-4,15,17H,5H2,1-2H3. The fraction of sp³-hybridized carbons (Fsp3) is 0.364. The molecule has 0 aliphatic rings. The van der Waals surface area contributed by atoms with Crippen LogP contribution >= 0.6 is 23.2 Å². The van der Waals surface area contributed by atoms with Crippen molar-refractivity contribution < 1.29 is 19.0 Å². The molecule has 0 radical (unpaired) electrons. The van der Waals surface area contributed by atoms with Crippen LogP contribution in [0.3, 0.4) is 0 Å². The summed E-state index contributed by atoms with van der Waals surface area (Å²) in [6, 6.07) is 2.60. The summed E-state index contributed by atoms with van der Waals surface area (Å²) in [5.41, 5.74) is -1.32. The number of methoxy groups -OCH3 is 1. The van der Waals surface area contributed by atoms with Gasteiger partial charge in [-0.25, -0.2) is 9.18 Å². The molecule has 1 unspecified atom stereocenters.